The zero-order chi connectivity index (χ0) is 12.6. The summed E-state index contributed by atoms with van der Waals surface area (Å²) in [5.74, 6) is 1.38. The number of likely N-dealkylation sites (tertiary alicyclic amines) is 1. The summed E-state index contributed by atoms with van der Waals surface area (Å²) in [6, 6.07) is 0. The number of hydrogen-bond donors (Lipinski definition) is 1. The summed E-state index contributed by atoms with van der Waals surface area (Å²) in [5.41, 5.74) is 0.136. The highest BCUT2D eigenvalue weighted by molar-refractivity contribution is 4.97. The number of aryl methyl sites for hydroxylation is 1. The third-order valence-electron chi connectivity index (χ3n) is 4.48. The summed E-state index contributed by atoms with van der Waals surface area (Å²) in [5, 5.41) is 14.2. The van der Waals surface area contributed by atoms with E-state index in [1.807, 2.05) is 6.92 Å². The van der Waals surface area contributed by atoms with Crippen molar-refractivity contribution in [1.82, 2.24) is 15.0 Å². The zero-order valence-electron chi connectivity index (χ0n) is 10.9. The fourth-order valence-electron chi connectivity index (χ4n) is 3.59. The van der Waals surface area contributed by atoms with Gasteiger partial charge in [0.15, 0.2) is 5.82 Å². The lowest BCUT2D eigenvalue weighted by Crippen LogP contribution is -2.46. The van der Waals surface area contributed by atoms with E-state index in [0.29, 0.717) is 5.89 Å². The molecular formula is C13H21N3O2. The van der Waals surface area contributed by atoms with Crippen LogP contribution in [0, 0.1) is 12.3 Å². The van der Waals surface area contributed by atoms with Gasteiger partial charge in [-0.15, -0.1) is 0 Å². The molecule has 5 heteroatoms. The fourth-order valence-corrected chi connectivity index (χ4v) is 3.59. The summed E-state index contributed by atoms with van der Waals surface area (Å²) >= 11 is 0. The molecule has 2 atom stereocenters. The van der Waals surface area contributed by atoms with Gasteiger partial charge in [0.1, 0.15) is 0 Å². The first-order valence-corrected chi connectivity index (χ1v) is 6.88. The van der Waals surface area contributed by atoms with E-state index in [9.17, 15) is 5.11 Å². The Labute approximate surface area is 107 Å². The lowest BCUT2D eigenvalue weighted by Gasteiger charge is -2.42. The van der Waals surface area contributed by atoms with Crippen molar-refractivity contribution in [1.29, 1.82) is 0 Å². The highest BCUT2D eigenvalue weighted by Gasteiger charge is 2.44. The van der Waals surface area contributed by atoms with E-state index in [1.54, 1.807) is 0 Å². The van der Waals surface area contributed by atoms with Gasteiger partial charge in [0, 0.05) is 18.9 Å². The lowest BCUT2D eigenvalue weighted by molar-refractivity contribution is -0.0128. The molecule has 1 aromatic rings. The van der Waals surface area contributed by atoms with Gasteiger partial charge in [-0.25, -0.2) is 0 Å². The molecule has 5 nitrogen and oxygen atoms in total. The van der Waals surface area contributed by atoms with Crippen molar-refractivity contribution in [2.45, 2.75) is 51.7 Å². The Morgan fingerprint density at radius 3 is 2.94 bits per heavy atom. The van der Waals surface area contributed by atoms with E-state index in [1.165, 1.54) is 0 Å². The predicted octanol–water partition coefficient (Wildman–Crippen LogP) is 1.51. The maximum absolute atomic E-state index is 10.2. The summed E-state index contributed by atoms with van der Waals surface area (Å²) in [6.07, 6.45) is 5.50. The molecule has 0 radical (unpaired) electrons. The van der Waals surface area contributed by atoms with Gasteiger partial charge < -0.3 is 9.63 Å². The number of aromatic nitrogens is 2. The molecule has 2 fully saturated rings. The van der Waals surface area contributed by atoms with Crippen LogP contribution in [0.4, 0.5) is 0 Å². The molecule has 1 aliphatic carbocycles. The maximum Gasteiger partial charge on any atom is 0.223 e. The Morgan fingerprint density at radius 1 is 1.44 bits per heavy atom. The van der Waals surface area contributed by atoms with Gasteiger partial charge in [0.2, 0.25) is 5.89 Å². The number of aliphatic hydroxyl groups excluding tert-OH is 1. The third kappa shape index (κ3) is 2.17. The molecule has 1 N–H and O–H groups in total. The van der Waals surface area contributed by atoms with Gasteiger partial charge in [-0.05, 0) is 32.2 Å². The van der Waals surface area contributed by atoms with Crippen LogP contribution < -0.4 is 0 Å². The first-order valence-electron chi connectivity index (χ1n) is 6.88. The van der Waals surface area contributed by atoms with Crippen LogP contribution in [-0.2, 0) is 6.54 Å². The molecule has 0 bridgehead atoms. The molecule has 3 rings (SSSR count). The van der Waals surface area contributed by atoms with Crippen LogP contribution in [0.25, 0.3) is 0 Å². The van der Waals surface area contributed by atoms with Crippen molar-refractivity contribution in [3.63, 3.8) is 0 Å². The molecule has 2 aliphatic rings. The van der Waals surface area contributed by atoms with Crippen molar-refractivity contribution >= 4 is 0 Å². The van der Waals surface area contributed by atoms with Gasteiger partial charge in [-0.1, -0.05) is 11.6 Å². The molecule has 1 aromatic heterocycles. The molecule has 1 spiro atoms. The average Bonchev–Trinajstić information content (AvgIpc) is 2.88. The molecule has 100 valence electrons. The molecular weight excluding hydrogens is 230 g/mol. The minimum atomic E-state index is -0.118. The Balaban J connectivity index is 1.67. The molecule has 1 aliphatic heterocycles. The van der Waals surface area contributed by atoms with Crippen molar-refractivity contribution in [3.8, 4) is 0 Å². The van der Waals surface area contributed by atoms with Crippen LogP contribution in [0.15, 0.2) is 4.52 Å². The van der Waals surface area contributed by atoms with Crippen molar-refractivity contribution in [3.05, 3.63) is 11.7 Å². The standard InChI is InChI=1S/C13H21N3O2/c1-10-14-12(15-18-10)8-16-7-3-6-13(9-16)5-2-4-11(13)17/h11,17H,2-9H2,1H3/t11-,13+/m1/s1. The normalized spacial score (nSPS) is 33.3. The largest absolute Gasteiger partial charge is 0.393 e. The minimum Gasteiger partial charge on any atom is -0.393 e. The average molecular weight is 251 g/mol. The number of aliphatic hydroxyl groups is 1. The van der Waals surface area contributed by atoms with Crippen LogP contribution in [0.5, 0.6) is 0 Å². The second-order valence-corrected chi connectivity index (χ2v) is 5.81. The second-order valence-electron chi connectivity index (χ2n) is 5.81. The summed E-state index contributed by atoms with van der Waals surface area (Å²) in [4.78, 5) is 6.62. The molecule has 0 unspecified atom stereocenters. The van der Waals surface area contributed by atoms with Crippen molar-refractivity contribution in [2.75, 3.05) is 13.1 Å². The molecule has 2 heterocycles. The SMILES string of the molecule is Cc1nc(CN2CCC[C@@]3(CCC[C@H]3O)C2)no1. The number of rotatable bonds is 2. The number of hydrogen-bond acceptors (Lipinski definition) is 5. The van der Waals surface area contributed by atoms with E-state index in [0.717, 1.165) is 57.6 Å². The minimum absolute atomic E-state index is 0.118. The summed E-state index contributed by atoms with van der Waals surface area (Å²) < 4.78 is 5.01. The van der Waals surface area contributed by atoms with Gasteiger partial charge in [0.05, 0.1) is 12.6 Å². The van der Waals surface area contributed by atoms with Crippen molar-refractivity contribution < 1.29 is 9.63 Å². The zero-order valence-corrected chi connectivity index (χ0v) is 10.9. The van der Waals surface area contributed by atoms with Crippen molar-refractivity contribution in [2.24, 2.45) is 5.41 Å². The molecule has 0 amide bonds. The Hall–Kier alpha value is -0.940. The molecule has 18 heavy (non-hydrogen) atoms. The smallest absolute Gasteiger partial charge is 0.223 e. The van der Waals surface area contributed by atoms with Crippen LogP contribution in [-0.4, -0.2) is 39.3 Å². The van der Waals surface area contributed by atoms with Crippen LogP contribution in [0.3, 0.4) is 0 Å². The maximum atomic E-state index is 10.2. The van der Waals surface area contributed by atoms with Gasteiger partial charge >= 0.3 is 0 Å². The van der Waals surface area contributed by atoms with E-state index < -0.39 is 0 Å². The van der Waals surface area contributed by atoms with E-state index in [-0.39, 0.29) is 11.5 Å². The molecule has 1 saturated heterocycles. The molecule has 0 aromatic carbocycles. The number of piperidine rings is 1. The first kappa shape index (κ1) is 12.1. The van der Waals surface area contributed by atoms with Gasteiger partial charge in [-0.3, -0.25) is 4.90 Å². The van der Waals surface area contributed by atoms with Crippen LogP contribution in [0.2, 0.25) is 0 Å². The predicted molar refractivity (Wildman–Crippen MR) is 65.8 cm³/mol. The highest BCUT2D eigenvalue weighted by atomic mass is 16.5. The summed E-state index contributed by atoms with van der Waals surface area (Å²) in [6.45, 7) is 4.60. The van der Waals surface area contributed by atoms with E-state index in [2.05, 4.69) is 15.0 Å². The third-order valence-corrected chi connectivity index (χ3v) is 4.48. The fraction of sp³-hybridized carbons (Fsp3) is 0.846. The lowest BCUT2D eigenvalue weighted by atomic mass is 9.77. The van der Waals surface area contributed by atoms with Gasteiger partial charge in [-0.2, -0.15) is 4.98 Å². The quantitative estimate of drug-likeness (QED) is 0.863. The Morgan fingerprint density at radius 2 is 2.28 bits per heavy atom. The topological polar surface area (TPSA) is 62.4 Å². The number of nitrogens with zero attached hydrogens (tertiary/aromatic N) is 3. The van der Waals surface area contributed by atoms with Crippen LogP contribution >= 0.6 is 0 Å². The second kappa shape index (κ2) is 4.63. The monoisotopic (exact) mass is 251 g/mol. The van der Waals surface area contributed by atoms with Crippen LogP contribution in [0.1, 0.15) is 43.8 Å². The first-order chi connectivity index (χ1) is 8.68. The summed E-state index contributed by atoms with van der Waals surface area (Å²) in [7, 11) is 0. The van der Waals surface area contributed by atoms with Gasteiger partial charge in [0.25, 0.3) is 0 Å². The molecule has 1 saturated carbocycles. The Bertz CT molecular complexity index is 420. The highest BCUT2D eigenvalue weighted by Crippen LogP contribution is 2.45. The van der Waals surface area contributed by atoms with E-state index >= 15 is 0 Å². The Kier molecular flexibility index (Phi) is 3.11. The van der Waals surface area contributed by atoms with E-state index in [4.69, 9.17) is 4.52 Å².